The fourth-order valence-corrected chi connectivity index (χ4v) is 5.67. The maximum atomic E-state index is 6.25. The Labute approximate surface area is 110 Å². The van der Waals surface area contributed by atoms with Crippen LogP contribution in [-0.4, -0.2) is 16.8 Å². The second-order valence-corrected chi connectivity index (χ2v) is 7.40. The minimum atomic E-state index is 0.121. The molecular formula is C15H26OS. The molecule has 1 saturated carbocycles. The van der Waals surface area contributed by atoms with Crippen LogP contribution in [0.25, 0.3) is 0 Å². The van der Waals surface area contributed by atoms with E-state index in [4.69, 9.17) is 4.74 Å². The topological polar surface area (TPSA) is 9.23 Å². The molecule has 0 aromatic rings. The van der Waals surface area contributed by atoms with Crippen molar-refractivity contribution >= 4 is 11.8 Å². The third-order valence-electron chi connectivity index (χ3n) is 4.51. The molecule has 1 aliphatic heterocycles. The van der Waals surface area contributed by atoms with Gasteiger partial charge in [0.1, 0.15) is 4.93 Å². The van der Waals surface area contributed by atoms with Gasteiger partial charge in [-0.3, -0.25) is 0 Å². The van der Waals surface area contributed by atoms with Crippen molar-refractivity contribution in [2.24, 2.45) is 5.41 Å². The molecule has 0 spiro atoms. The number of fused-ring (bicyclic) bond motifs is 1. The second kappa shape index (κ2) is 5.36. The molecule has 3 atom stereocenters. The van der Waals surface area contributed by atoms with Gasteiger partial charge in [-0.1, -0.05) is 26.3 Å². The molecule has 0 amide bonds. The molecule has 0 radical (unpaired) electrons. The smallest absolute Gasteiger partial charge is 0.119 e. The van der Waals surface area contributed by atoms with Gasteiger partial charge in [-0.2, -0.15) is 0 Å². The van der Waals surface area contributed by atoms with E-state index in [1.54, 1.807) is 0 Å². The lowest BCUT2D eigenvalue weighted by Gasteiger charge is -2.40. The number of rotatable bonds is 6. The van der Waals surface area contributed by atoms with E-state index in [0.717, 1.165) is 18.3 Å². The van der Waals surface area contributed by atoms with Crippen molar-refractivity contribution in [3.8, 4) is 0 Å². The first kappa shape index (κ1) is 13.5. The van der Waals surface area contributed by atoms with E-state index >= 15 is 0 Å². The Kier molecular flexibility index (Phi) is 4.25. The molecule has 1 heterocycles. The quantitative estimate of drug-likeness (QED) is 0.631. The number of hydrogen-bond donors (Lipinski definition) is 0. The lowest BCUT2D eigenvalue weighted by atomic mass is 9.79. The van der Waals surface area contributed by atoms with Crippen LogP contribution < -0.4 is 0 Å². The van der Waals surface area contributed by atoms with Gasteiger partial charge in [-0.05, 0) is 38.5 Å². The fourth-order valence-electron chi connectivity index (χ4n) is 3.71. The van der Waals surface area contributed by atoms with Gasteiger partial charge in [-0.25, -0.2) is 0 Å². The molecule has 0 N–H and O–H groups in total. The molecule has 1 aliphatic carbocycles. The summed E-state index contributed by atoms with van der Waals surface area (Å²) < 4.78 is 6.25. The summed E-state index contributed by atoms with van der Waals surface area (Å²) in [7, 11) is 0. The molecule has 0 bridgehead atoms. The summed E-state index contributed by atoms with van der Waals surface area (Å²) in [6.45, 7) is 9.56. The normalized spacial score (nSPS) is 38.0. The molecule has 0 aromatic heterocycles. The maximum absolute atomic E-state index is 6.25. The summed E-state index contributed by atoms with van der Waals surface area (Å²) >= 11 is 2.12. The van der Waals surface area contributed by atoms with E-state index in [0.29, 0.717) is 5.41 Å². The largest absolute Gasteiger partial charge is 0.364 e. The molecule has 0 aromatic carbocycles. The van der Waals surface area contributed by atoms with E-state index in [9.17, 15) is 0 Å². The molecule has 2 heteroatoms. The van der Waals surface area contributed by atoms with Crippen LogP contribution in [0.15, 0.2) is 12.7 Å². The summed E-state index contributed by atoms with van der Waals surface area (Å²) in [5.41, 5.74) is 0.404. The Hall–Kier alpha value is 0.0500. The Morgan fingerprint density at radius 1 is 1.41 bits per heavy atom. The number of ether oxygens (including phenoxy) is 1. The van der Waals surface area contributed by atoms with Crippen molar-refractivity contribution in [1.29, 1.82) is 0 Å². The average molecular weight is 254 g/mol. The highest BCUT2D eigenvalue weighted by Gasteiger charge is 2.59. The Bertz CT molecular complexity index is 264. The van der Waals surface area contributed by atoms with Crippen molar-refractivity contribution in [3.05, 3.63) is 12.7 Å². The zero-order chi connectivity index (χ0) is 12.4. The lowest BCUT2D eigenvalue weighted by molar-refractivity contribution is 0.0382. The standard InChI is InChI=1S/C15H26OS/c1-4-7-13(3)17-15-10-6-9-14(15,8-5-2)11-12-16-15/h5,13H,2,4,6-12H2,1,3H3. The fraction of sp³-hybridized carbons (Fsp3) is 0.867. The van der Waals surface area contributed by atoms with E-state index in [1.807, 2.05) is 0 Å². The average Bonchev–Trinajstić information content (AvgIpc) is 2.73. The SMILES string of the molecule is C=CCC12CCCC1(SC(C)CCC)OCC2. The summed E-state index contributed by atoms with van der Waals surface area (Å²) in [5, 5.41) is 0.723. The number of thioether (sulfide) groups is 1. The first-order chi connectivity index (χ1) is 8.18. The van der Waals surface area contributed by atoms with Crippen molar-refractivity contribution in [1.82, 2.24) is 0 Å². The highest BCUT2D eigenvalue weighted by atomic mass is 32.2. The zero-order valence-electron chi connectivity index (χ0n) is 11.3. The minimum absolute atomic E-state index is 0.121. The van der Waals surface area contributed by atoms with Gasteiger partial charge >= 0.3 is 0 Å². The summed E-state index contributed by atoms with van der Waals surface area (Å²) in [6, 6.07) is 0. The molecule has 1 nitrogen and oxygen atoms in total. The van der Waals surface area contributed by atoms with Crippen molar-refractivity contribution in [2.45, 2.75) is 69.0 Å². The highest BCUT2D eigenvalue weighted by Crippen LogP contribution is 2.63. The monoisotopic (exact) mass is 254 g/mol. The number of allylic oxidation sites excluding steroid dienone is 1. The Balaban J connectivity index is 2.12. The van der Waals surface area contributed by atoms with Crippen molar-refractivity contribution in [2.75, 3.05) is 6.61 Å². The predicted octanol–water partition coefficient (Wildman–Crippen LogP) is 4.77. The summed E-state index contributed by atoms with van der Waals surface area (Å²) in [4.78, 5) is 0.121. The van der Waals surface area contributed by atoms with Crippen molar-refractivity contribution < 1.29 is 4.74 Å². The van der Waals surface area contributed by atoms with Crippen LogP contribution in [0.2, 0.25) is 0 Å². The Morgan fingerprint density at radius 3 is 2.94 bits per heavy atom. The van der Waals surface area contributed by atoms with E-state index in [2.05, 4.69) is 38.3 Å². The summed E-state index contributed by atoms with van der Waals surface area (Å²) in [6.07, 6.45) is 11.0. The molecule has 2 fully saturated rings. The first-order valence-corrected chi connectivity index (χ1v) is 7.99. The van der Waals surface area contributed by atoms with Crippen LogP contribution >= 0.6 is 11.8 Å². The van der Waals surface area contributed by atoms with Gasteiger partial charge in [0.2, 0.25) is 0 Å². The van der Waals surface area contributed by atoms with Gasteiger partial charge in [0, 0.05) is 17.3 Å². The minimum Gasteiger partial charge on any atom is -0.364 e. The van der Waals surface area contributed by atoms with Gasteiger partial charge in [-0.15, -0.1) is 18.3 Å². The van der Waals surface area contributed by atoms with E-state index < -0.39 is 0 Å². The van der Waals surface area contributed by atoms with Crippen LogP contribution in [0, 0.1) is 5.41 Å². The lowest BCUT2D eigenvalue weighted by Crippen LogP contribution is -2.38. The molecule has 17 heavy (non-hydrogen) atoms. The van der Waals surface area contributed by atoms with Gasteiger partial charge < -0.3 is 4.74 Å². The molecule has 98 valence electrons. The van der Waals surface area contributed by atoms with E-state index in [-0.39, 0.29) is 4.93 Å². The van der Waals surface area contributed by atoms with Crippen LogP contribution in [0.1, 0.15) is 58.8 Å². The van der Waals surface area contributed by atoms with Gasteiger partial charge in [0.15, 0.2) is 0 Å². The second-order valence-electron chi connectivity index (χ2n) is 5.70. The third kappa shape index (κ3) is 2.31. The highest BCUT2D eigenvalue weighted by molar-refractivity contribution is 8.01. The number of hydrogen-bond acceptors (Lipinski definition) is 2. The molecular weight excluding hydrogens is 228 g/mol. The van der Waals surface area contributed by atoms with Crippen LogP contribution in [0.4, 0.5) is 0 Å². The maximum Gasteiger partial charge on any atom is 0.119 e. The van der Waals surface area contributed by atoms with Crippen LogP contribution in [-0.2, 0) is 4.74 Å². The van der Waals surface area contributed by atoms with Crippen molar-refractivity contribution in [3.63, 3.8) is 0 Å². The zero-order valence-corrected chi connectivity index (χ0v) is 12.2. The third-order valence-corrected chi connectivity index (χ3v) is 6.28. The van der Waals surface area contributed by atoms with Gasteiger partial charge in [0.05, 0.1) is 0 Å². The summed E-state index contributed by atoms with van der Waals surface area (Å²) in [5.74, 6) is 0. The predicted molar refractivity (Wildman–Crippen MR) is 76.4 cm³/mol. The van der Waals surface area contributed by atoms with E-state index in [1.165, 1.54) is 38.5 Å². The van der Waals surface area contributed by atoms with Crippen LogP contribution in [0.3, 0.4) is 0 Å². The molecule has 3 unspecified atom stereocenters. The Morgan fingerprint density at radius 2 is 2.24 bits per heavy atom. The first-order valence-electron chi connectivity index (χ1n) is 7.11. The van der Waals surface area contributed by atoms with Gasteiger partial charge in [0.25, 0.3) is 0 Å². The van der Waals surface area contributed by atoms with Crippen LogP contribution in [0.5, 0.6) is 0 Å². The molecule has 1 saturated heterocycles. The molecule has 2 aliphatic rings. The molecule has 2 rings (SSSR count).